The molecule has 0 aliphatic heterocycles. The number of nitrogens with one attached hydrogen (secondary N) is 2. The molecule has 0 saturated heterocycles. The van der Waals surface area contributed by atoms with Crippen molar-refractivity contribution in [1.29, 1.82) is 0 Å². The number of thioether (sulfide) groups is 1. The summed E-state index contributed by atoms with van der Waals surface area (Å²) in [6, 6.07) is 13.4. The van der Waals surface area contributed by atoms with Crippen molar-refractivity contribution in [3.8, 4) is 0 Å². The van der Waals surface area contributed by atoms with E-state index in [1.54, 1.807) is 23.9 Å². The molecule has 6 heteroatoms. The fraction of sp³-hybridized carbons (Fsp3) is 0.368. The number of carbonyl (C=O) groups is 2. The van der Waals surface area contributed by atoms with Crippen LogP contribution in [0, 0.1) is 5.92 Å². The molecule has 0 aliphatic rings. The molecule has 1 heterocycles. The predicted molar refractivity (Wildman–Crippen MR) is 100 cm³/mol. The SMILES string of the molecule is CC(C)C(SCc1ccccc1)C(=O)NCCNC(=O)c1ccco1. The van der Waals surface area contributed by atoms with Crippen molar-refractivity contribution >= 4 is 23.6 Å². The van der Waals surface area contributed by atoms with Gasteiger partial charge in [0, 0.05) is 18.8 Å². The van der Waals surface area contributed by atoms with E-state index in [1.807, 2.05) is 32.0 Å². The minimum Gasteiger partial charge on any atom is -0.459 e. The molecule has 2 aromatic rings. The molecule has 134 valence electrons. The van der Waals surface area contributed by atoms with Gasteiger partial charge in [0.1, 0.15) is 0 Å². The highest BCUT2D eigenvalue weighted by Gasteiger charge is 2.22. The number of amides is 2. The Hall–Kier alpha value is -2.21. The lowest BCUT2D eigenvalue weighted by Gasteiger charge is -2.20. The first-order chi connectivity index (χ1) is 12.1. The summed E-state index contributed by atoms with van der Waals surface area (Å²) in [6.45, 7) is 4.84. The topological polar surface area (TPSA) is 71.3 Å². The van der Waals surface area contributed by atoms with E-state index in [1.165, 1.54) is 11.8 Å². The van der Waals surface area contributed by atoms with E-state index in [-0.39, 0.29) is 28.7 Å². The zero-order valence-corrected chi connectivity index (χ0v) is 15.3. The van der Waals surface area contributed by atoms with E-state index < -0.39 is 0 Å². The molecule has 5 nitrogen and oxygen atoms in total. The van der Waals surface area contributed by atoms with Gasteiger partial charge in [-0.15, -0.1) is 11.8 Å². The number of furan rings is 1. The minimum absolute atomic E-state index is 0.00294. The van der Waals surface area contributed by atoms with Crippen LogP contribution in [-0.4, -0.2) is 30.2 Å². The molecule has 0 bridgehead atoms. The third kappa shape index (κ3) is 6.31. The summed E-state index contributed by atoms with van der Waals surface area (Å²) in [7, 11) is 0. The Morgan fingerprint density at radius 2 is 1.76 bits per heavy atom. The van der Waals surface area contributed by atoms with Crippen LogP contribution < -0.4 is 10.6 Å². The van der Waals surface area contributed by atoms with Gasteiger partial charge in [-0.3, -0.25) is 9.59 Å². The summed E-state index contributed by atoms with van der Waals surface area (Å²) in [5, 5.41) is 5.48. The highest BCUT2D eigenvalue weighted by Crippen LogP contribution is 2.23. The van der Waals surface area contributed by atoms with E-state index in [0.717, 1.165) is 5.75 Å². The van der Waals surface area contributed by atoms with Gasteiger partial charge in [-0.25, -0.2) is 0 Å². The number of hydrogen-bond donors (Lipinski definition) is 2. The summed E-state index contributed by atoms with van der Waals surface area (Å²) in [5.41, 5.74) is 1.21. The maximum Gasteiger partial charge on any atom is 0.287 e. The third-order valence-electron chi connectivity index (χ3n) is 3.59. The lowest BCUT2D eigenvalue weighted by atomic mass is 10.1. The summed E-state index contributed by atoms with van der Waals surface area (Å²) in [5.74, 6) is 1.02. The van der Waals surface area contributed by atoms with Gasteiger partial charge in [0.05, 0.1) is 11.5 Å². The van der Waals surface area contributed by atoms with Crippen molar-refractivity contribution in [2.45, 2.75) is 24.9 Å². The minimum atomic E-state index is -0.280. The van der Waals surface area contributed by atoms with Crippen molar-refractivity contribution in [2.75, 3.05) is 13.1 Å². The van der Waals surface area contributed by atoms with E-state index in [0.29, 0.717) is 13.1 Å². The fourth-order valence-corrected chi connectivity index (χ4v) is 3.47. The second kappa shape index (κ2) is 9.93. The van der Waals surface area contributed by atoms with Crippen LogP contribution in [-0.2, 0) is 10.5 Å². The molecule has 1 unspecified atom stereocenters. The molecule has 25 heavy (non-hydrogen) atoms. The van der Waals surface area contributed by atoms with Gasteiger partial charge in [-0.2, -0.15) is 0 Å². The quantitative estimate of drug-likeness (QED) is 0.674. The maximum atomic E-state index is 12.4. The molecule has 0 saturated carbocycles. The van der Waals surface area contributed by atoms with Gasteiger partial charge in [0.25, 0.3) is 5.91 Å². The van der Waals surface area contributed by atoms with E-state index in [4.69, 9.17) is 4.42 Å². The monoisotopic (exact) mass is 360 g/mol. The first-order valence-corrected chi connectivity index (χ1v) is 9.37. The van der Waals surface area contributed by atoms with Crippen LogP contribution in [0.5, 0.6) is 0 Å². The van der Waals surface area contributed by atoms with Crippen LogP contribution in [0.4, 0.5) is 0 Å². The van der Waals surface area contributed by atoms with Crippen LogP contribution >= 0.6 is 11.8 Å². The molecular formula is C19H24N2O3S. The predicted octanol–water partition coefficient (Wildman–Crippen LogP) is 3.08. The van der Waals surface area contributed by atoms with Gasteiger partial charge in [0.2, 0.25) is 5.91 Å². The van der Waals surface area contributed by atoms with Crippen LogP contribution in [0.3, 0.4) is 0 Å². The molecule has 1 aromatic heterocycles. The highest BCUT2D eigenvalue weighted by molar-refractivity contribution is 7.99. The number of hydrogen-bond acceptors (Lipinski definition) is 4. The Kier molecular flexibility index (Phi) is 7.60. The molecular weight excluding hydrogens is 336 g/mol. The fourth-order valence-electron chi connectivity index (χ4n) is 2.29. The smallest absolute Gasteiger partial charge is 0.287 e. The van der Waals surface area contributed by atoms with Crippen molar-refractivity contribution in [2.24, 2.45) is 5.92 Å². The Balaban J connectivity index is 1.73. The molecule has 2 rings (SSSR count). The molecule has 1 atom stereocenters. The number of carbonyl (C=O) groups excluding carboxylic acids is 2. The average molecular weight is 360 g/mol. The number of rotatable bonds is 9. The Bertz CT molecular complexity index is 657. The Morgan fingerprint density at radius 1 is 1.04 bits per heavy atom. The van der Waals surface area contributed by atoms with Gasteiger partial charge >= 0.3 is 0 Å². The summed E-state index contributed by atoms with van der Waals surface area (Å²) in [4.78, 5) is 24.1. The largest absolute Gasteiger partial charge is 0.459 e. The summed E-state index contributed by atoms with van der Waals surface area (Å²) in [6.07, 6.45) is 1.45. The molecule has 0 radical (unpaired) electrons. The van der Waals surface area contributed by atoms with Crippen LogP contribution in [0.25, 0.3) is 0 Å². The van der Waals surface area contributed by atoms with Gasteiger partial charge in [-0.05, 0) is 23.6 Å². The second-order valence-corrected chi connectivity index (χ2v) is 7.12. The summed E-state index contributed by atoms with van der Waals surface area (Å²) < 4.78 is 5.01. The van der Waals surface area contributed by atoms with Crippen molar-refractivity contribution in [3.05, 3.63) is 60.1 Å². The first-order valence-electron chi connectivity index (χ1n) is 8.33. The van der Waals surface area contributed by atoms with Gasteiger partial charge < -0.3 is 15.1 Å². The average Bonchev–Trinajstić information content (AvgIpc) is 3.14. The normalized spacial score (nSPS) is 12.0. The lowest BCUT2D eigenvalue weighted by Crippen LogP contribution is -2.40. The van der Waals surface area contributed by atoms with Crippen molar-refractivity contribution in [3.63, 3.8) is 0 Å². The maximum absolute atomic E-state index is 12.4. The van der Waals surface area contributed by atoms with Crippen LogP contribution in [0.1, 0.15) is 30.0 Å². The Labute approximate surface area is 152 Å². The first kappa shape index (κ1) is 19.1. The molecule has 0 spiro atoms. The van der Waals surface area contributed by atoms with Gasteiger partial charge in [0.15, 0.2) is 5.76 Å². The zero-order valence-electron chi connectivity index (χ0n) is 14.5. The highest BCUT2D eigenvalue weighted by atomic mass is 32.2. The molecule has 1 aromatic carbocycles. The van der Waals surface area contributed by atoms with E-state index in [9.17, 15) is 9.59 Å². The lowest BCUT2D eigenvalue weighted by molar-refractivity contribution is -0.121. The molecule has 0 aliphatic carbocycles. The molecule has 2 amide bonds. The zero-order chi connectivity index (χ0) is 18.1. The Morgan fingerprint density at radius 3 is 2.40 bits per heavy atom. The second-order valence-electron chi connectivity index (χ2n) is 5.99. The van der Waals surface area contributed by atoms with E-state index in [2.05, 4.69) is 22.8 Å². The standard InChI is InChI=1S/C19H24N2O3S/c1-14(2)17(25-13-15-7-4-3-5-8-15)19(23)21-11-10-20-18(22)16-9-6-12-24-16/h3-9,12,14,17H,10-11,13H2,1-2H3,(H,20,22)(H,21,23). The molecule has 0 fully saturated rings. The van der Waals surface area contributed by atoms with Crippen molar-refractivity contribution in [1.82, 2.24) is 10.6 Å². The molecule has 2 N–H and O–H groups in total. The number of benzene rings is 1. The van der Waals surface area contributed by atoms with Crippen LogP contribution in [0.15, 0.2) is 53.1 Å². The van der Waals surface area contributed by atoms with Crippen LogP contribution in [0.2, 0.25) is 0 Å². The van der Waals surface area contributed by atoms with Crippen molar-refractivity contribution < 1.29 is 14.0 Å². The third-order valence-corrected chi connectivity index (χ3v) is 5.21. The summed E-state index contributed by atoms with van der Waals surface area (Å²) >= 11 is 1.64. The van der Waals surface area contributed by atoms with Gasteiger partial charge in [-0.1, -0.05) is 44.2 Å². The van der Waals surface area contributed by atoms with E-state index >= 15 is 0 Å².